The van der Waals surface area contributed by atoms with Crippen molar-refractivity contribution in [3.8, 4) is 5.69 Å². The highest BCUT2D eigenvalue weighted by atomic mass is 79.9. The first-order chi connectivity index (χ1) is 8.99. The van der Waals surface area contributed by atoms with Gasteiger partial charge in [0.05, 0.1) is 6.54 Å². The number of nitrogens with zero attached hydrogens (tertiary/aromatic N) is 4. The van der Waals surface area contributed by atoms with E-state index in [0.29, 0.717) is 16.8 Å². The molecule has 0 radical (unpaired) electrons. The van der Waals surface area contributed by atoms with Crippen LogP contribution in [-0.2, 0) is 6.54 Å². The van der Waals surface area contributed by atoms with Gasteiger partial charge >= 0.3 is 0 Å². The average molecular weight is 332 g/mol. The molecule has 1 aromatic carbocycles. The van der Waals surface area contributed by atoms with Crippen molar-refractivity contribution >= 4 is 15.9 Å². The second kappa shape index (κ2) is 5.70. The van der Waals surface area contributed by atoms with E-state index in [9.17, 15) is 8.78 Å². The minimum absolute atomic E-state index is 0.213. The third-order valence-electron chi connectivity index (χ3n) is 2.40. The first-order valence-electron chi connectivity index (χ1n) is 5.64. The van der Waals surface area contributed by atoms with Gasteiger partial charge in [-0.15, -0.1) is 5.10 Å². The van der Waals surface area contributed by atoms with Gasteiger partial charge in [-0.05, 0) is 22.6 Å². The van der Waals surface area contributed by atoms with E-state index in [4.69, 9.17) is 0 Å². The Hall–Kier alpha value is -1.41. The molecule has 5 nitrogen and oxygen atoms in total. The predicted octanol–water partition coefficient (Wildman–Crippen LogP) is 2.20. The number of benzene rings is 1. The standard InChI is InChI=1S/C11H12BrF2N5/c1-6(2)15-5-10-16-17-18-19(10)11-8(13)3-7(12)4-9(11)14/h3-4,6,15H,5H2,1-2H3. The number of hydrogen-bond donors (Lipinski definition) is 1. The van der Waals surface area contributed by atoms with Crippen LogP contribution in [0.3, 0.4) is 0 Å². The second-order valence-electron chi connectivity index (χ2n) is 4.26. The number of nitrogens with one attached hydrogen (secondary N) is 1. The molecular weight excluding hydrogens is 320 g/mol. The lowest BCUT2D eigenvalue weighted by molar-refractivity contribution is 0.532. The second-order valence-corrected chi connectivity index (χ2v) is 5.18. The number of aromatic nitrogens is 4. The number of hydrogen-bond acceptors (Lipinski definition) is 4. The van der Waals surface area contributed by atoms with Gasteiger partial charge < -0.3 is 5.32 Å². The first kappa shape index (κ1) is 14.0. The Morgan fingerprint density at radius 2 is 1.95 bits per heavy atom. The summed E-state index contributed by atoms with van der Waals surface area (Å²) in [6, 6.07) is 2.55. The molecule has 0 aliphatic carbocycles. The van der Waals surface area contributed by atoms with E-state index >= 15 is 0 Å². The Morgan fingerprint density at radius 1 is 1.32 bits per heavy atom. The van der Waals surface area contributed by atoms with Crippen molar-refractivity contribution in [3.05, 3.63) is 34.1 Å². The predicted molar refractivity (Wildman–Crippen MR) is 68.7 cm³/mol. The third kappa shape index (κ3) is 3.13. The van der Waals surface area contributed by atoms with E-state index in [0.717, 1.165) is 4.68 Å². The fourth-order valence-corrected chi connectivity index (χ4v) is 1.92. The van der Waals surface area contributed by atoms with Gasteiger partial charge in [-0.25, -0.2) is 8.78 Å². The minimum Gasteiger partial charge on any atom is -0.308 e. The van der Waals surface area contributed by atoms with Gasteiger partial charge in [-0.1, -0.05) is 29.8 Å². The molecule has 0 amide bonds. The van der Waals surface area contributed by atoms with Gasteiger partial charge in [0.15, 0.2) is 17.5 Å². The maximum Gasteiger partial charge on any atom is 0.170 e. The number of tetrazole rings is 1. The molecule has 0 aliphatic heterocycles. The van der Waals surface area contributed by atoms with Gasteiger partial charge in [0.25, 0.3) is 0 Å². The molecule has 102 valence electrons. The van der Waals surface area contributed by atoms with Crippen LogP contribution in [0.2, 0.25) is 0 Å². The van der Waals surface area contributed by atoms with Gasteiger partial charge in [0, 0.05) is 10.5 Å². The fourth-order valence-electron chi connectivity index (χ4n) is 1.52. The maximum atomic E-state index is 13.8. The Labute approximate surface area is 117 Å². The summed E-state index contributed by atoms with van der Waals surface area (Å²) < 4.78 is 29.1. The van der Waals surface area contributed by atoms with E-state index < -0.39 is 11.6 Å². The van der Waals surface area contributed by atoms with Gasteiger partial charge in [0.1, 0.15) is 5.69 Å². The van der Waals surface area contributed by atoms with Crippen molar-refractivity contribution in [3.63, 3.8) is 0 Å². The third-order valence-corrected chi connectivity index (χ3v) is 2.85. The molecule has 2 aromatic rings. The Bertz CT molecular complexity index is 561. The molecule has 8 heteroatoms. The molecule has 0 spiro atoms. The lowest BCUT2D eigenvalue weighted by atomic mass is 10.3. The summed E-state index contributed by atoms with van der Waals surface area (Å²) in [7, 11) is 0. The zero-order valence-electron chi connectivity index (χ0n) is 10.4. The zero-order chi connectivity index (χ0) is 14.0. The Morgan fingerprint density at radius 3 is 2.53 bits per heavy atom. The quantitative estimate of drug-likeness (QED) is 0.933. The molecular formula is C11H12BrF2N5. The summed E-state index contributed by atoms with van der Waals surface area (Å²) in [5, 5.41) is 13.9. The van der Waals surface area contributed by atoms with E-state index in [2.05, 4.69) is 36.8 Å². The largest absolute Gasteiger partial charge is 0.308 e. The molecule has 0 bridgehead atoms. The summed E-state index contributed by atoms with van der Waals surface area (Å²) in [6.07, 6.45) is 0. The summed E-state index contributed by atoms with van der Waals surface area (Å²) >= 11 is 3.03. The minimum atomic E-state index is -0.732. The molecule has 0 atom stereocenters. The van der Waals surface area contributed by atoms with Gasteiger partial charge in [0.2, 0.25) is 0 Å². The van der Waals surface area contributed by atoms with Gasteiger partial charge in [-0.2, -0.15) is 4.68 Å². The van der Waals surface area contributed by atoms with Crippen LogP contribution in [0.4, 0.5) is 8.78 Å². The maximum absolute atomic E-state index is 13.8. The summed E-state index contributed by atoms with van der Waals surface area (Å²) in [6.45, 7) is 4.23. The Balaban J connectivity index is 2.40. The van der Waals surface area contributed by atoms with Crippen LogP contribution in [0.25, 0.3) is 5.69 Å². The lowest BCUT2D eigenvalue weighted by Gasteiger charge is -2.09. The topological polar surface area (TPSA) is 55.6 Å². The van der Waals surface area contributed by atoms with E-state index in [1.165, 1.54) is 12.1 Å². The van der Waals surface area contributed by atoms with E-state index in [-0.39, 0.29) is 11.7 Å². The van der Waals surface area contributed by atoms with Crippen LogP contribution in [0, 0.1) is 11.6 Å². The summed E-state index contributed by atoms with van der Waals surface area (Å²) in [4.78, 5) is 0. The van der Waals surface area contributed by atoms with Crippen LogP contribution >= 0.6 is 15.9 Å². The van der Waals surface area contributed by atoms with Crippen molar-refractivity contribution in [1.29, 1.82) is 0 Å². The molecule has 2 rings (SSSR count). The van der Waals surface area contributed by atoms with Crippen molar-refractivity contribution in [2.45, 2.75) is 26.4 Å². The van der Waals surface area contributed by atoms with Crippen LogP contribution in [0.15, 0.2) is 16.6 Å². The molecule has 19 heavy (non-hydrogen) atoms. The molecule has 0 fully saturated rings. The summed E-state index contributed by atoms with van der Waals surface area (Å²) in [5.74, 6) is -1.12. The van der Waals surface area contributed by atoms with E-state index in [1.807, 2.05) is 13.8 Å². The van der Waals surface area contributed by atoms with E-state index in [1.54, 1.807) is 0 Å². The molecule has 1 aromatic heterocycles. The van der Waals surface area contributed by atoms with Crippen LogP contribution < -0.4 is 5.32 Å². The number of rotatable bonds is 4. The fraction of sp³-hybridized carbons (Fsp3) is 0.364. The van der Waals surface area contributed by atoms with Gasteiger partial charge in [-0.3, -0.25) is 0 Å². The van der Waals surface area contributed by atoms with Crippen LogP contribution in [-0.4, -0.2) is 26.2 Å². The molecule has 0 aliphatic rings. The van der Waals surface area contributed by atoms with Crippen LogP contribution in [0.1, 0.15) is 19.7 Å². The highest BCUT2D eigenvalue weighted by Gasteiger charge is 2.17. The molecule has 1 heterocycles. The molecule has 0 unspecified atom stereocenters. The SMILES string of the molecule is CC(C)NCc1nnnn1-c1c(F)cc(Br)cc1F. The van der Waals surface area contributed by atoms with Crippen molar-refractivity contribution in [2.24, 2.45) is 0 Å². The van der Waals surface area contributed by atoms with Crippen molar-refractivity contribution in [2.75, 3.05) is 0 Å². The Kier molecular flexibility index (Phi) is 4.20. The average Bonchev–Trinajstić information content (AvgIpc) is 2.73. The zero-order valence-corrected chi connectivity index (χ0v) is 11.9. The highest BCUT2D eigenvalue weighted by Crippen LogP contribution is 2.22. The highest BCUT2D eigenvalue weighted by molar-refractivity contribution is 9.10. The molecule has 0 saturated carbocycles. The van der Waals surface area contributed by atoms with Crippen LogP contribution in [0.5, 0.6) is 0 Å². The smallest absolute Gasteiger partial charge is 0.170 e. The van der Waals surface area contributed by atoms with Crippen molar-refractivity contribution in [1.82, 2.24) is 25.5 Å². The monoisotopic (exact) mass is 331 g/mol. The van der Waals surface area contributed by atoms with Crippen molar-refractivity contribution < 1.29 is 8.78 Å². The first-order valence-corrected chi connectivity index (χ1v) is 6.44. The lowest BCUT2D eigenvalue weighted by Crippen LogP contribution is -2.24. The normalized spacial score (nSPS) is 11.3. The molecule has 1 N–H and O–H groups in total. The summed E-state index contributed by atoms with van der Waals surface area (Å²) in [5.41, 5.74) is -0.284. The molecule has 0 saturated heterocycles. The number of halogens is 3.